The lowest BCUT2D eigenvalue weighted by molar-refractivity contribution is -0.385. The van der Waals surface area contributed by atoms with E-state index in [0.717, 1.165) is 37.3 Å². The van der Waals surface area contributed by atoms with Gasteiger partial charge in [0.25, 0.3) is 0 Å². The fourth-order valence-corrected chi connectivity index (χ4v) is 7.99. The number of nitro groups is 2. The largest absolute Gasteiger partial charge is 0.444 e. The molecule has 392 valence electrons. The van der Waals surface area contributed by atoms with Gasteiger partial charge in [-0.2, -0.15) is 15.0 Å². The van der Waals surface area contributed by atoms with Gasteiger partial charge >= 0.3 is 23.6 Å². The summed E-state index contributed by atoms with van der Waals surface area (Å²) in [7, 11) is 0. The van der Waals surface area contributed by atoms with Gasteiger partial charge in [-0.15, -0.1) is 0 Å². The lowest BCUT2D eigenvalue weighted by atomic mass is 10.2. The van der Waals surface area contributed by atoms with Crippen LogP contribution >= 0.6 is 46.4 Å². The SMILES string of the molecule is C=CC(=O)N1CCC(n2c(-c3ccccc3Cl)nc3cnc(N)nc32)C1.CC(C)(C)OC(=O)N1CCC(N)C1.CC(C)(C)OC(=O)N1CCC(Nc2nc(Cl)ncc2[N+](=O)[O-])C1.O=[N+]([O-])c1cnc(Cl)nc1Cl. The number of aromatic nitrogens is 8. The predicted octanol–water partition coefficient (Wildman–Crippen LogP) is 7.79. The van der Waals surface area contributed by atoms with Gasteiger partial charge in [-0.1, -0.05) is 41.9 Å². The molecule has 3 amide bonds. The van der Waals surface area contributed by atoms with Gasteiger partial charge in [0.05, 0.1) is 27.1 Å². The smallest absolute Gasteiger partial charge is 0.410 e. The second-order valence-electron chi connectivity index (χ2n) is 18.4. The van der Waals surface area contributed by atoms with Gasteiger partial charge in [0.2, 0.25) is 33.4 Å². The van der Waals surface area contributed by atoms with Gasteiger partial charge in [-0.3, -0.25) is 25.0 Å². The fourth-order valence-electron chi connectivity index (χ4n) is 7.26. The molecule has 3 aliphatic rings. The van der Waals surface area contributed by atoms with Crippen molar-refractivity contribution in [2.45, 2.75) is 90.1 Å². The number of imidazole rings is 1. The molecule has 1 aromatic carbocycles. The Morgan fingerprint density at radius 1 is 0.767 bits per heavy atom. The Balaban J connectivity index is 0.000000191. The number of likely N-dealkylation sites (tertiary alicyclic amines) is 3. The number of carbonyl (C=O) groups is 3. The van der Waals surface area contributed by atoms with Crippen LogP contribution in [0.3, 0.4) is 0 Å². The summed E-state index contributed by atoms with van der Waals surface area (Å²) in [4.78, 5) is 87.6. The van der Waals surface area contributed by atoms with Crippen LogP contribution < -0.4 is 16.8 Å². The Morgan fingerprint density at radius 2 is 1.34 bits per heavy atom. The van der Waals surface area contributed by atoms with Gasteiger partial charge in [-0.05, 0) is 102 Å². The van der Waals surface area contributed by atoms with Crippen molar-refractivity contribution in [1.82, 2.24) is 54.2 Å². The van der Waals surface area contributed by atoms with E-state index in [0.29, 0.717) is 61.2 Å². The van der Waals surface area contributed by atoms with E-state index in [2.05, 4.69) is 41.8 Å². The summed E-state index contributed by atoms with van der Waals surface area (Å²) in [6.45, 7) is 17.9. The van der Waals surface area contributed by atoms with Crippen LogP contribution in [-0.2, 0) is 14.3 Å². The molecule has 25 nitrogen and oxygen atoms in total. The van der Waals surface area contributed by atoms with Crippen LogP contribution in [-0.4, -0.2) is 145 Å². The summed E-state index contributed by atoms with van der Waals surface area (Å²) in [6.07, 6.45) is 6.58. The molecule has 0 saturated carbocycles. The van der Waals surface area contributed by atoms with Crippen molar-refractivity contribution in [2.24, 2.45) is 5.73 Å². The molecular formula is C44H54Cl4N16O9. The lowest BCUT2D eigenvalue weighted by Gasteiger charge is -2.24. The third kappa shape index (κ3) is 16.4. The number of carbonyl (C=O) groups excluding carboxylic acids is 3. The number of nitrogens with one attached hydrogen (secondary N) is 1. The van der Waals surface area contributed by atoms with Gasteiger partial charge in [0.1, 0.15) is 34.9 Å². The second kappa shape index (κ2) is 24.8. The molecule has 0 aliphatic carbocycles. The highest BCUT2D eigenvalue weighted by Crippen LogP contribution is 2.35. The molecule has 3 atom stereocenters. The molecule has 29 heteroatoms. The summed E-state index contributed by atoms with van der Waals surface area (Å²) in [5.41, 5.74) is 12.0. The Bertz CT molecular complexity index is 2830. The second-order valence-corrected chi connectivity index (χ2v) is 19.8. The number of benzene rings is 1. The average Bonchev–Trinajstić information content (AvgIpc) is 4.13. The summed E-state index contributed by atoms with van der Waals surface area (Å²) < 4.78 is 12.5. The fraction of sp³-hybridized carbons (Fsp3) is 0.455. The highest BCUT2D eigenvalue weighted by Gasteiger charge is 2.33. The monoisotopic (exact) mass is 1090 g/mol. The predicted molar refractivity (Wildman–Crippen MR) is 273 cm³/mol. The van der Waals surface area contributed by atoms with Crippen molar-refractivity contribution in [1.29, 1.82) is 0 Å². The van der Waals surface area contributed by atoms with Gasteiger partial charge in [0.15, 0.2) is 5.65 Å². The summed E-state index contributed by atoms with van der Waals surface area (Å²) in [6, 6.07) is 7.48. The first-order chi connectivity index (χ1) is 34.2. The number of hydrogen-bond donors (Lipinski definition) is 3. The number of hydrogen-bond acceptors (Lipinski definition) is 19. The van der Waals surface area contributed by atoms with Gasteiger partial charge in [-0.25, -0.2) is 29.5 Å². The number of nitrogens with two attached hydrogens (primary N) is 2. The molecule has 0 radical (unpaired) electrons. The highest BCUT2D eigenvalue weighted by atomic mass is 35.5. The van der Waals surface area contributed by atoms with Crippen LogP contribution in [0.4, 0.5) is 32.7 Å². The van der Waals surface area contributed by atoms with E-state index in [-0.39, 0.29) is 69.0 Å². The van der Waals surface area contributed by atoms with Crippen molar-refractivity contribution in [3.05, 3.63) is 96.5 Å². The maximum atomic E-state index is 12.0. The van der Waals surface area contributed by atoms with Crippen molar-refractivity contribution in [2.75, 3.05) is 50.3 Å². The third-order valence-electron chi connectivity index (χ3n) is 10.5. The molecule has 7 heterocycles. The Morgan fingerprint density at radius 3 is 1.90 bits per heavy atom. The zero-order valence-corrected chi connectivity index (χ0v) is 43.6. The molecule has 73 heavy (non-hydrogen) atoms. The van der Waals surface area contributed by atoms with Crippen molar-refractivity contribution < 1.29 is 33.7 Å². The first kappa shape index (κ1) is 57.1. The Hall–Kier alpha value is -6.80. The van der Waals surface area contributed by atoms with Crippen LogP contribution in [0.15, 0.2) is 55.5 Å². The number of halogens is 4. The molecule has 0 bridgehead atoms. The van der Waals surface area contributed by atoms with Gasteiger partial charge < -0.3 is 45.5 Å². The van der Waals surface area contributed by atoms with Crippen molar-refractivity contribution in [3.63, 3.8) is 0 Å². The van der Waals surface area contributed by atoms with E-state index in [4.69, 9.17) is 72.3 Å². The molecule has 3 saturated heterocycles. The normalized spacial score (nSPS) is 17.3. The standard InChI is InChI=1S/C18H17ClN6O.C13H18ClN5O4.C9H18N2O2.C4HCl2N3O2/c1-2-15(26)24-8-7-11(10-24)25-16(12-5-3-4-6-13(12)19)22-14-9-21-18(20)23-17(14)25;1-13(2,3)23-12(20)18-5-4-8(7-18)16-10-9(19(21)22)6-15-11(14)17-10;1-9(2,3)13-8(12)11-5-4-7(10)6-11;5-3-2(9(10)11)1-7-4(6)8-3/h2-6,9,11H,1,7-8,10H2,(H2,20,21,23);6,8H,4-5,7H2,1-3H3,(H,15,16,17);7H,4-6,10H2,1-3H3;1H. The van der Waals surface area contributed by atoms with Crippen LogP contribution in [0.1, 0.15) is 66.8 Å². The summed E-state index contributed by atoms with van der Waals surface area (Å²) >= 11 is 22.7. The molecule has 0 spiro atoms. The number of amides is 3. The maximum absolute atomic E-state index is 12.0. The number of nitrogens with zero attached hydrogens (tertiary/aromatic N) is 13. The third-order valence-corrected chi connectivity index (χ3v) is 11.4. The lowest BCUT2D eigenvalue weighted by Crippen LogP contribution is -2.36. The minimum absolute atomic E-state index is 0.0180. The zero-order chi connectivity index (χ0) is 53.9. The molecule has 3 unspecified atom stereocenters. The molecule has 3 fully saturated rings. The van der Waals surface area contributed by atoms with E-state index in [1.807, 2.05) is 49.6 Å². The van der Waals surface area contributed by atoms with Crippen LogP contribution in [0.2, 0.25) is 20.7 Å². The molecule has 5 N–H and O–H groups in total. The first-order valence-electron chi connectivity index (χ1n) is 22.4. The van der Waals surface area contributed by atoms with E-state index in [9.17, 15) is 34.6 Å². The number of rotatable bonds is 7. The van der Waals surface area contributed by atoms with Crippen LogP contribution in [0, 0.1) is 20.2 Å². The molecular weight excluding hydrogens is 1040 g/mol. The van der Waals surface area contributed by atoms with E-state index >= 15 is 0 Å². The molecule has 5 aromatic rings. The summed E-state index contributed by atoms with van der Waals surface area (Å²) in [5.74, 6) is 0.848. The topological polar surface area (TPSA) is 325 Å². The quantitative estimate of drug-likeness (QED) is 0.0460. The van der Waals surface area contributed by atoms with Crippen molar-refractivity contribution in [3.8, 4) is 11.4 Å². The van der Waals surface area contributed by atoms with Crippen LogP contribution in [0.25, 0.3) is 22.6 Å². The average molecular weight is 1090 g/mol. The Labute approximate surface area is 438 Å². The number of nitrogen functional groups attached to an aromatic ring is 1. The zero-order valence-electron chi connectivity index (χ0n) is 40.6. The maximum Gasteiger partial charge on any atom is 0.410 e. The number of fused-ring (bicyclic) bond motifs is 1. The van der Waals surface area contributed by atoms with Crippen molar-refractivity contribution >= 4 is 98.8 Å². The minimum Gasteiger partial charge on any atom is -0.444 e. The summed E-state index contributed by atoms with van der Waals surface area (Å²) in [5, 5.41) is 24.2. The first-order valence-corrected chi connectivity index (χ1v) is 23.9. The minimum atomic E-state index is -0.682. The van der Waals surface area contributed by atoms with E-state index in [1.54, 1.807) is 41.7 Å². The van der Waals surface area contributed by atoms with E-state index < -0.39 is 27.1 Å². The molecule has 4 aromatic heterocycles. The molecule has 3 aliphatic heterocycles. The number of ether oxygens (including phenoxy) is 2. The number of anilines is 2. The van der Waals surface area contributed by atoms with Crippen LogP contribution in [0.5, 0.6) is 0 Å². The van der Waals surface area contributed by atoms with Gasteiger partial charge in [0, 0.05) is 56.9 Å². The van der Waals surface area contributed by atoms with E-state index in [1.165, 1.54) is 6.08 Å². The highest BCUT2D eigenvalue weighted by molar-refractivity contribution is 6.33. The Kier molecular flexibility index (Phi) is 19.4. The molecule has 8 rings (SSSR count).